The molecule has 82 valence electrons. The van der Waals surface area contributed by atoms with E-state index >= 15 is 0 Å². The molecule has 0 aliphatic rings. The number of nitrogens with one attached hydrogen (secondary N) is 1. The Morgan fingerprint density at radius 3 is 3.13 bits per heavy atom. The number of imidazole rings is 1. The first-order chi connectivity index (χ1) is 7.22. The summed E-state index contributed by atoms with van der Waals surface area (Å²) in [6, 6.07) is 0. The van der Waals surface area contributed by atoms with Gasteiger partial charge in [0.25, 0.3) is 0 Å². The number of methoxy groups -OCH3 is 1. The fourth-order valence-electron chi connectivity index (χ4n) is 1.03. The quantitative estimate of drug-likeness (QED) is 0.672. The number of aromatic nitrogens is 3. The molecule has 2 rings (SSSR count). The molecule has 0 fully saturated rings. The van der Waals surface area contributed by atoms with Gasteiger partial charge in [-0.25, -0.2) is 4.98 Å². The zero-order chi connectivity index (χ0) is 10.8. The minimum absolute atomic E-state index is 0.557. The third-order valence-corrected chi connectivity index (χ3v) is 3.97. The molecule has 2 aromatic heterocycles. The Hall–Kier alpha value is -0.120. The molecular formula is C7H8ClIN4OS. The summed E-state index contributed by atoms with van der Waals surface area (Å²) in [5.74, 6) is 0. The van der Waals surface area contributed by atoms with E-state index in [2.05, 4.69) is 38.0 Å². The average molecular weight is 359 g/mol. The van der Waals surface area contributed by atoms with E-state index in [0.29, 0.717) is 11.8 Å². The van der Waals surface area contributed by atoms with E-state index in [0.717, 1.165) is 20.3 Å². The van der Waals surface area contributed by atoms with E-state index in [1.165, 1.54) is 11.3 Å². The maximum atomic E-state index is 6.00. The lowest BCUT2D eigenvalue weighted by atomic mass is 10.7. The van der Waals surface area contributed by atoms with Crippen LogP contribution in [-0.4, -0.2) is 34.9 Å². The highest BCUT2D eigenvalue weighted by molar-refractivity contribution is 14.1. The Labute approximate surface area is 109 Å². The molecule has 2 heterocycles. The van der Waals surface area contributed by atoms with Crippen molar-refractivity contribution in [3.05, 3.63) is 8.85 Å². The van der Waals surface area contributed by atoms with Gasteiger partial charge in [-0.2, -0.15) is 4.52 Å². The van der Waals surface area contributed by atoms with Gasteiger partial charge < -0.3 is 10.1 Å². The second-order valence-corrected chi connectivity index (χ2v) is 5.05. The number of ether oxygens (including phenoxy) is 1. The molecule has 0 amide bonds. The molecule has 0 aromatic carbocycles. The molecule has 0 saturated heterocycles. The lowest BCUT2D eigenvalue weighted by Crippen LogP contribution is -2.07. The van der Waals surface area contributed by atoms with Crippen molar-refractivity contribution in [2.45, 2.75) is 0 Å². The number of fused-ring (bicyclic) bond motifs is 1. The number of halogens is 2. The van der Waals surface area contributed by atoms with Gasteiger partial charge in [0.2, 0.25) is 10.1 Å². The fraction of sp³-hybridized carbons (Fsp3) is 0.429. The summed E-state index contributed by atoms with van der Waals surface area (Å²) < 4.78 is 7.33. The zero-order valence-electron chi connectivity index (χ0n) is 7.83. The van der Waals surface area contributed by atoms with Crippen LogP contribution in [0.25, 0.3) is 4.96 Å². The molecular weight excluding hydrogens is 351 g/mol. The van der Waals surface area contributed by atoms with Gasteiger partial charge >= 0.3 is 0 Å². The summed E-state index contributed by atoms with van der Waals surface area (Å²) in [6.07, 6.45) is 0. The molecule has 0 atom stereocenters. The topological polar surface area (TPSA) is 51.5 Å². The molecule has 8 heteroatoms. The molecule has 0 aliphatic carbocycles. The highest BCUT2D eigenvalue weighted by Gasteiger charge is 2.12. The largest absolute Gasteiger partial charge is 0.383 e. The van der Waals surface area contributed by atoms with Crippen molar-refractivity contribution >= 4 is 55.6 Å². The standard InChI is InChI=1S/C7H8ClIN4OS/c1-14-3-2-10-6-12-13-4(8)5(9)11-7(13)15-6/h2-3H2,1H3,(H,10,12). The zero-order valence-corrected chi connectivity index (χ0v) is 11.6. The predicted molar refractivity (Wildman–Crippen MR) is 69.0 cm³/mol. The minimum atomic E-state index is 0.557. The molecule has 0 bridgehead atoms. The normalized spacial score (nSPS) is 11.1. The van der Waals surface area contributed by atoms with Crippen molar-refractivity contribution in [3.8, 4) is 0 Å². The van der Waals surface area contributed by atoms with Gasteiger partial charge in [-0.1, -0.05) is 22.9 Å². The van der Waals surface area contributed by atoms with Crippen LogP contribution in [0.1, 0.15) is 0 Å². The summed E-state index contributed by atoms with van der Waals surface area (Å²) in [6.45, 7) is 1.37. The molecule has 15 heavy (non-hydrogen) atoms. The lowest BCUT2D eigenvalue weighted by Gasteiger charge is -1.98. The van der Waals surface area contributed by atoms with Crippen LogP contribution < -0.4 is 5.32 Å². The van der Waals surface area contributed by atoms with Crippen molar-refractivity contribution in [1.29, 1.82) is 0 Å². The van der Waals surface area contributed by atoms with Crippen molar-refractivity contribution in [3.63, 3.8) is 0 Å². The van der Waals surface area contributed by atoms with Crippen LogP contribution in [0.5, 0.6) is 0 Å². The number of rotatable bonds is 4. The Balaban J connectivity index is 2.17. The van der Waals surface area contributed by atoms with Crippen molar-refractivity contribution in [2.24, 2.45) is 0 Å². The summed E-state index contributed by atoms with van der Waals surface area (Å²) in [5, 5.41) is 8.76. The molecule has 1 N–H and O–H groups in total. The molecule has 0 aliphatic heterocycles. The van der Waals surface area contributed by atoms with Crippen LogP contribution in [0.3, 0.4) is 0 Å². The van der Waals surface area contributed by atoms with E-state index in [9.17, 15) is 0 Å². The average Bonchev–Trinajstić information content (AvgIpc) is 2.70. The Kier molecular flexibility index (Phi) is 3.65. The molecule has 2 aromatic rings. The third-order valence-electron chi connectivity index (χ3n) is 1.69. The maximum Gasteiger partial charge on any atom is 0.216 e. The first-order valence-electron chi connectivity index (χ1n) is 4.15. The summed E-state index contributed by atoms with van der Waals surface area (Å²) in [7, 11) is 1.66. The second-order valence-electron chi connectivity index (χ2n) is 2.71. The maximum absolute atomic E-state index is 6.00. The first kappa shape index (κ1) is 11.4. The van der Waals surface area contributed by atoms with Gasteiger partial charge in [0.1, 0.15) is 3.70 Å². The van der Waals surface area contributed by atoms with Gasteiger partial charge in [-0.05, 0) is 22.6 Å². The van der Waals surface area contributed by atoms with Gasteiger partial charge in [0.05, 0.1) is 6.61 Å². The van der Waals surface area contributed by atoms with Crippen LogP contribution in [0.15, 0.2) is 0 Å². The number of nitrogens with zero attached hydrogens (tertiary/aromatic N) is 3. The van der Waals surface area contributed by atoms with Gasteiger partial charge in [-0.15, -0.1) is 5.10 Å². The Morgan fingerprint density at radius 2 is 2.47 bits per heavy atom. The highest BCUT2D eigenvalue weighted by Crippen LogP contribution is 2.25. The van der Waals surface area contributed by atoms with Crippen molar-refractivity contribution in [1.82, 2.24) is 14.6 Å². The molecule has 0 radical (unpaired) electrons. The smallest absolute Gasteiger partial charge is 0.216 e. The van der Waals surface area contributed by atoms with E-state index in [-0.39, 0.29) is 0 Å². The SMILES string of the molecule is COCCNc1nn2c(Cl)c(I)nc2s1. The van der Waals surface area contributed by atoms with Crippen LogP contribution >= 0.6 is 45.5 Å². The number of hydrogen-bond acceptors (Lipinski definition) is 5. The van der Waals surface area contributed by atoms with Crippen LogP contribution in [0.4, 0.5) is 5.13 Å². The minimum Gasteiger partial charge on any atom is -0.383 e. The van der Waals surface area contributed by atoms with Gasteiger partial charge in [0, 0.05) is 13.7 Å². The second kappa shape index (κ2) is 4.81. The fourth-order valence-corrected chi connectivity index (χ4v) is 2.69. The Morgan fingerprint density at radius 1 is 1.67 bits per heavy atom. The summed E-state index contributed by atoms with van der Waals surface area (Å²) in [5.41, 5.74) is 0. The van der Waals surface area contributed by atoms with Crippen LogP contribution in [0.2, 0.25) is 5.15 Å². The summed E-state index contributed by atoms with van der Waals surface area (Å²) >= 11 is 9.55. The van der Waals surface area contributed by atoms with E-state index in [1.54, 1.807) is 11.6 Å². The molecule has 0 unspecified atom stereocenters. The first-order valence-corrected chi connectivity index (χ1v) is 6.43. The molecule has 0 spiro atoms. The number of anilines is 1. The van der Waals surface area contributed by atoms with Crippen molar-refractivity contribution < 1.29 is 4.74 Å². The van der Waals surface area contributed by atoms with Crippen molar-refractivity contribution in [2.75, 3.05) is 25.6 Å². The van der Waals surface area contributed by atoms with Gasteiger partial charge in [0.15, 0.2) is 5.15 Å². The third kappa shape index (κ3) is 2.35. The lowest BCUT2D eigenvalue weighted by molar-refractivity contribution is 0.210. The van der Waals surface area contributed by atoms with E-state index in [1.807, 2.05) is 0 Å². The van der Waals surface area contributed by atoms with E-state index < -0.39 is 0 Å². The summed E-state index contributed by atoms with van der Waals surface area (Å²) in [4.78, 5) is 5.06. The molecule has 0 saturated carbocycles. The monoisotopic (exact) mass is 358 g/mol. The van der Waals surface area contributed by atoms with Crippen LogP contribution in [-0.2, 0) is 4.74 Å². The molecule has 5 nitrogen and oxygen atoms in total. The predicted octanol–water partition coefficient (Wildman–Crippen LogP) is 2.11. The van der Waals surface area contributed by atoms with Crippen LogP contribution in [0, 0.1) is 3.70 Å². The highest BCUT2D eigenvalue weighted by atomic mass is 127. The van der Waals surface area contributed by atoms with E-state index in [4.69, 9.17) is 16.3 Å². The van der Waals surface area contributed by atoms with Gasteiger partial charge in [-0.3, -0.25) is 0 Å². The number of hydrogen-bond donors (Lipinski definition) is 1. The Bertz CT molecular complexity index is 471.